The van der Waals surface area contributed by atoms with Gasteiger partial charge in [-0.25, -0.2) is 0 Å². The van der Waals surface area contributed by atoms with E-state index in [4.69, 9.17) is 4.74 Å². The molecule has 1 aliphatic rings. The zero-order chi connectivity index (χ0) is 18.1. The van der Waals surface area contributed by atoms with Crippen LogP contribution in [0.15, 0.2) is 44.7 Å². The van der Waals surface area contributed by atoms with Crippen molar-refractivity contribution in [3.05, 3.63) is 55.9 Å². The van der Waals surface area contributed by atoms with Gasteiger partial charge in [-0.2, -0.15) is 0 Å². The summed E-state index contributed by atoms with van der Waals surface area (Å²) in [5, 5.41) is 5.11. The van der Waals surface area contributed by atoms with E-state index in [1.165, 1.54) is 0 Å². The number of halogens is 2. The second-order valence-corrected chi connectivity index (χ2v) is 9.06. The van der Waals surface area contributed by atoms with Gasteiger partial charge >= 0.3 is 0 Å². The lowest BCUT2D eigenvalue weighted by molar-refractivity contribution is 0.0851. The third-order valence-electron chi connectivity index (χ3n) is 4.58. The SMILES string of the molecule is O=C(NC[C@H]1CCCO1)c1cc2scc(Br)c2n1Cc1ccc(Br)cc1. The highest BCUT2D eigenvalue weighted by Gasteiger charge is 2.21. The lowest BCUT2D eigenvalue weighted by atomic mass is 10.2. The van der Waals surface area contributed by atoms with E-state index >= 15 is 0 Å². The lowest BCUT2D eigenvalue weighted by Gasteiger charge is -2.14. The Morgan fingerprint density at radius 2 is 2.12 bits per heavy atom. The molecule has 1 aromatic carbocycles. The molecule has 0 spiro atoms. The number of carbonyl (C=O) groups is 1. The molecule has 1 N–H and O–H groups in total. The van der Waals surface area contributed by atoms with Gasteiger partial charge in [-0.15, -0.1) is 11.3 Å². The third kappa shape index (κ3) is 3.76. The number of rotatable bonds is 5. The molecule has 4 nitrogen and oxygen atoms in total. The molecule has 26 heavy (non-hydrogen) atoms. The summed E-state index contributed by atoms with van der Waals surface area (Å²) < 4.78 is 10.9. The van der Waals surface area contributed by atoms with Crippen LogP contribution in [0.1, 0.15) is 28.9 Å². The van der Waals surface area contributed by atoms with Crippen molar-refractivity contribution >= 4 is 59.3 Å². The third-order valence-corrected chi connectivity index (χ3v) is 6.93. The zero-order valence-corrected chi connectivity index (χ0v) is 18.0. The van der Waals surface area contributed by atoms with Crippen LogP contribution in [0.2, 0.25) is 0 Å². The van der Waals surface area contributed by atoms with E-state index in [0.717, 1.165) is 44.2 Å². The van der Waals surface area contributed by atoms with Crippen molar-refractivity contribution < 1.29 is 9.53 Å². The fourth-order valence-corrected chi connectivity index (χ4v) is 5.22. The molecule has 1 aliphatic heterocycles. The largest absolute Gasteiger partial charge is 0.376 e. The van der Waals surface area contributed by atoms with E-state index in [0.29, 0.717) is 18.8 Å². The molecule has 3 aromatic rings. The summed E-state index contributed by atoms with van der Waals surface area (Å²) in [5.41, 5.74) is 2.91. The second kappa shape index (κ2) is 7.84. The first-order chi connectivity index (χ1) is 12.6. The van der Waals surface area contributed by atoms with Crippen LogP contribution in [0.4, 0.5) is 0 Å². The van der Waals surface area contributed by atoms with Gasteiger partial charge in [-0.1, -0.05) is 28.1 Å². The maximum atomic E-state index is 12.8. The molecule has 0 unspecified atom stereocenters. The van der Waals surface area contributed by atoms with Crippen molar-refractivity contribution in [2.24, 2.45) is 0 Å². The van der Waals surface area contributed by atoms with Gasteiger partial charge in [-0.3, -0.25) is 4.79 Å². The van der Waals surface area contributed by atoms with E-state index in [1.54, 1.807) is 11.3 Å². The van der Waals surface area contributed by atoms with Crippen LogP contribution in [0.3, 0.4) is 0 Å². The highest BCUT2D eigenvalue weighted by atomic mass is 79.9. The Bertz CT molecular complexity index is 927. The summed E-state index contributed by atoms with van der Waals surface area (Å²) in [7, 11) is 0. The maximum Gasteiger partial charge on any atom is 0.268 e. The van der Waals surface area contributed by atoms with Crippen LogP contribution in [-0.2, 0) is 11.3 Å². The average molecular weight is 498 g/mol. The summed E-state index contributed by atoms with van der Waals surface area (Å²) in [4.78, 5) is 12.8. The monoisotopic (exact) mass is 496 g/mol. The minimum atomic E-state index is -0.0482. The topological polar surface area (TPSA) is 43.3 Å². The standard InChI is InChI=1S/C19H18Br2N2O2S/c20-13-5-3-12(4-6-13)10-23-16(8-17-18(23)15(21)11-26-17)19(24)22-9-14-2-1-7-25-14/h3-6,8,11,14H,1-2,7,9-10H2,(H,22,24)/t14-/m1/s1. The van der Waals surface area contributed by atoms with E-state index in [1.807, 2.05) is 18.2 Å². The fourth-order valence-electron chi connectivity index (χ4n) is 3.26. The predicted molar refractivity (Wildman–Crippen MR) is 112 cm³/mol. The molecule has 0 saturated carbocycles. The molecule has 0 radical (unpaired) electrons. The molecule has 1 saturated heterocycles. The molecule has 7 heteroatoms. The molecule has 1 amide bonds. The van der Waals surface area contributed by atoms with E-state index in [2.05, 4.69) is 59.3 Å². The Hall–Kier alpha value is -1.15. The van der Waals surface area contributed by atoms with Crippen molar-refractivity contribution in [2.45, 2.75) is 25.5 Å². The van der Waals surface area contributed by atoms with Crippen LogP contribution in [-0.4, -0.2) is 29.7 Å². The minimum absolute atomic E-state index is 0.0482. The molecular formula is C19H18Br2N2O2S. The van der Waals surface area contributed by atoms with E-state index < -0.39 is 0 Å². The summed E-state index contributed by atoms with van der Waals surface area (Å²) in [6, 6.07) is 10.2. The zero-order valence-electron chi connectivity index (χ0n) is 14.0. The van der Waals surface area contributed by atoms with Crippen LogP contribution >= 0.6 is 43.2 Å². The molecule has 1 fully saturated rings. The Kier molecular flexibility index (Phi) is 5.50. The maximum absolute atomic E-state index is 12.8. The van der Waals surface area contributed by atoms with Crippen molar-refractivity contribution in [1.82, 2.24) is 9.88 Å². The van der Waals surface area contributed by atoms with E-state index in [9.17, 15) is 4.79 Å². The quantitative estimate of drug-likeness (QED) is 0.527. The van der Waals surface area contributed by atoms with Gasteiger partial charge < -0.3 is 14.6 Å². The number of nitrogens with zero attached hydrogens (tertiary/aromatic N) is 1. The van der Waals surface area contributed by atoms with Crippen LogP contribution < -0.4 is 5.32 Å². The average Bonchev–Trinajstić information content (AvgIpc) is 3.34. The van der Waals surface area contributed by atoms with Gasteiger partial charge in [0.1, 0.15) is 5.69 Å². The Morgan fingerprint density at radius 3 is 2.85 bits per heavy atom. The molecule has 1 atom stereocenters. The van der Waals surface area contributed by atoms with Crippen molar-refractivity contribution in [2.75, 3.05) is 13.2 Å². The number of aromatic nitrogens is 1. The molecule has 4 rings (SSSR count). The first-order valence-electron chi connectivity index (χ1n) is 8.52. The second-order valence-electron chi connectivity index (χ2n) is 6.38. The van der Waals surface area contributed by atoms with Gasteiger partial charge in [0.2, 0.25) is 0 Å². The van der Waals surface area contributed by atoms with Gasteiger partial charge in [-0.05, 0) is 52.5 Å². The van der Waals surface area contributed by atoms with Crippen molar-refractivity contribution in [3.63, 3.8) is 0 Å². The number of fused-ring (bicyclic) bond motifs is 1. The number of nitrogens with one attached hydrogen (secondary N) is 1. The first kappa shape index (κ1) is 18.2. The van der Waals surface area contributed by atoms with Crippen LogP contribution in [0.25, 0.3) is 10.2 Å². The van der Waals surface area contributed by atoms with Gasteiger partial charge in [0, 0.05) is 29.5 Å². The predicted octanol–water partition coefficient (Wildman–Crippen LogP) is 5.18. The normalized spacial score (nSPS) is 17.1. The van der Waals surface area contributed by atoms with Crippen molar-refractivity contribution in [1.29, 1.82) is 0 Å². The van der Waals surface area contributed by atoms with Gasteiger partial charge in [0.15, 0.2) is 0 Å². The molecular weight excluding hydrogens is 480 g/mol. The number of ether oxygens (including phenoxy) is 1. The first-order valence-corrected chi connectivity index (χ1v) is 11.0. The highest BCUT2D eigenvalue weighted by Crippen LogP contribution is 2.34. The number of carbonyl (C=O) groups excluding carboxylic acids is 1. The molecule has 2 aromatic heterocycles. The summed E-state index contributed by atoms with van der Waals surface area (Å²) in [5.74, 6) is -0.0482. The van der Waals surface area contributed by atoms with E-state index in [-0.39, 0.29) is 12.0 Å². The molecule has 3 heterocycles. The molecule has 0 bridgehead atoms. The highest BCUT2D eigenvalue weighted by molar-refractivity contribution is 9.11. The fraction of sp³-hybridized carbons (Fsp3) is 0.316. The number of thiophene rings is 1. The summed E-state index contributed by atoms with van der Waals surface area (Å²) >= 11 is 8.74. The number of amides is 1. The summed E-state index contributed by atoms with van der Waals surface area (Å²) in [6.45, 7) is 2.01. The van der Waals surface area contributed by atoms with Crippen LogP contribution in [0.5, 0.6) is 0 Å². The lowest BCUT2D eigenvalue weighted by Crippen LogP contribution is -2.33. The minimum Gasteiger partial charge on any atom is -0.376 e. The Labute approximate surface area is 172 Å². The number of hydrogen-bond donors (Lipinski definition) is 1. The molecule has 0 aliphatic carbocycles. The number of benzene rings is 1. The van der Waals surface area contributed by atoms with Gasteiger partial charge in [0.25, 0.3) is 5.91 Å². The Morgan fingerprint density at radius 1 is 1.31 bits per heavy atom. The number of hydrogen-bond acceptors (Lipinski definition) is 3. The smallest absolute Gasteiger partial charge is 0.268 e. The van der Waals surface area contributed by atoms with Crippen LogP contribution in [0, 0.1) is 0 Å². The van der Waals surface area contributed by atoms with Gasteiger partial charge in [0.05, 0.1) is 20.8 Å². The molecule has 136 valence electrons. The van der Waals surface area contributed by atoms with Crippen molar-refractivity contribution in [3.8, 4) is 0 Å². The Balaban J connectivity index is 1.62. The summed E-state index contributed by atoms with van der Waals surface area (Å²) in [6.07, 6.45) is 2.23.